The second-order valence-corrected chi connectivity index (χ2v) is 11.4. The van der Waals surface area contributed by atoms with Crippen LogP contribution in [0.2, 0.25) is 5.28 Å². The lowest BCUT2D eigenvalue weighted by Crippen LogP contribution is -2.17. The van der Waals surface area contributed by atoms with Crippen LogP contribution in [-0.4, -0.2) is 39.0 Å². The van der Waals surface area contributed by atoms with Gasteiger partial charge in [-0.2, -0.15) is 15.2 Å². The van der Waals surface area contributed by atoms with E-state index in [2.05, 4.69) is 91.9 Å². The lowest BCUT2D eigenvalue weighted by Gasteiger charge is -2.20. The average Bonchev–Trinajstić information content (AvgIpc) is 3.23. The number of aromatic nitrogens is 8. The predicted molar refractivity (Wildman–Crippen MR) is 137 cm³/mol. The number of nitrogens with zero attached hydrogens (tertiary/aromatic N) is 9. The summed E-state index contributed by atoms with van der Waals surface area (Å²) in [4.78, 5) is 25.3. The number of rotatable bonds is 3. The van der Waals surface area contributed by atoms with E-state index in [1.807, 2.05) is 17.6 Å². The topological polar surface area (TPSA) is 111 Å². The van der Waals surface area contributed by atoms with Gasteiger partial charge in [0.2, 0.25) is 11.1 Å². The highest BCUT2D eigenvalue weighted by Crippen LogP contribution is 2.24. The molecule has 9 nitrogen and oxygen atoms in total. The molecule has 0 radical (unpaired) electrons. The fraction of sp³-hybridized carbons (Fsp3) is 0.522. The Kier molecular flexibility index (Phi) is 7.58. The second-order valence-electron chi connectivity index (χ2n) is 10.5. The molecule has 0 amide bonds. The fourth-order valence-corrected chi connectivity index (χ4v) is 3.99. The first kappa shape index (κ1) is 26.0. The van der Waals surface area contributed by atoms with Crippen molar-refractivity contribution in [2.45, 2.75) is 66.9 Å². The molecule has 34 heavy (non-hydrogen) atoms. The van der Waals surface area contributed by atoms with E-state index in [0.717, 1.165) is 47.1 Å². The molecule has 0 unspecified atom stereocenters. The van der Waals surface area contributed by atoms with Crippen molar-refractivity contribution in [1.29, 1.82) is 5.26 Å². The molecule has 0 aliphatic heterocycles. The molecule has 0 aliphatic rings. The zero-order valence-corrected chi connectivity index (χ0v) is 22.9. The van der Waals surface area contributed by atoms with Gasteiger partial charge in [0.1, 0.15) is 28.8 Å². The first-order chi connectivity index (χ1) is 15.8. The summed E-state index contributed by atoms with van der Waals surface area (Å²) in [7, 11) is 0. The van der Waals surface area contributed by atoms with Crippen molar-refractivity contribution in [3.8, 4) is 6.07 Å². The molecule has 0 aliphatic carbocycles. The van der Waals surface area contributed by atoms with Crippen molar-refractivity contribution in [3.05, 3.63) is 35.2 Å². The van der Waals surface area contributed by atoms with Gasteiger partial charge in [0.15, 0.2) is 11.3 Å². The monoisotopic (exact) mass is 545 g/mol. The minimum absolute atomic E-state index is 0.113. The van der Waals surface area contributed by atoms with Crippen molar-refractivity contribution in [2.75, 3.05) is 0 Å². The zero-order valence-electron chi connectivity index (χ0n) is 20.6. The quantitative estimate of drug-likeness (QED) is 0.247. The summed E-state index contributed by atoms with van der Waals surface area (Å²) in [5.74, 6) is 2.03. The molecule has 0 saturated heterocycles. The third-order valence-corrected chi connectivity index (χ3v) is 5.38. The smallest absolute Gasteiger partial charge is 0.234 e. The van der Waals surface area contributed by atoms with Crippen LogP contribution in [0.3, 0.4) is 0 Å². The first-order valence-corrected chi connectivity index (χ1v) is 12.3. The van der Waals surface area contributed by atoms with Crippen molar-refractivity contribution >= 4 is 49.9 Å². The van der Waals surface area contributed by atoms with Gasteiger partial charge in [0.05, 0.1) is 17.7 Å². The van der Waals surface area contributed by atoms with Gasteiger partial charge in [-0.3, -0.25) is 0 Å². The number of alkyl halides is 1. The molecule has 0 atom stereocenters. The van der Waals surface area contributed by atoms with Crippen molar-refractivity contribution in [1.82, 2.24) is 39.0 Å². The average molecular weight is 547 g/mol. The number of aryl methyl sites for hydroxylation is 1. The Morgan fingerprint density at radius 2 is 1.44 bits per heavy atom. The van der Waals surface area contributed by atoms with Crippen LogP contribution in [0.1, 0.15) is 59.0 Å². The summed E-state index contributed by atoms with van der Waals surface area (Å²) < 4.78 is 4.13. The Morgan fingerprint density at radius 3 is 2.03 bits per heavy atom. The van der Waals surface area contributed by atoms with Crippen molar-refractivity contribution in [3.63, 3.8) is 0 Å². The largest absolute Gasteiger partial charge is 0.312 e. The van der Waals surface area contributed by atoms with Crippen LogP contribution < -0.4 is 0 Å². The van der Waals surface area contributed by atoms with Crippen LogP contribution in [0.5, 0.6) is 0 Å². The van der Waals surface area contributed by atoms with E-state index in [9.17, 15) is 0 Å². The zero-order chi connectivity index (χ0) is 25.3. The number of hydrogen-bond acceptors (Lipinski definition) is 7. The van der Waals surface area contributed by atoms with E-state index in [4.69, 9.17) is 16.9 Å². The Balaban J connectivity index is 0.000000192. The minimum atomic E-state index is 0.113. The predicted octanol–water partition coefficient (Wildman–Crippen LogP) is 5.47. The number of halogens is 2. The Hall–Kier alpha value is -2.64. The maximum Gasteiger partial charge on any atom is 0.234 e. The molecule has 4 aromatic heterocycles. The summed E-state index contributed by atoms with van der Waals surface area (Å²) in [5.41, 5.74) is 3.36. The van der Waals surface area contributed by atoms with E-state index < -0.39 is 0 Å². The number of hydrogen-bond donors (Lipinski definition) is 0. The van der Waals surface area contributed by atoms with E-state index in [1.54, 1.807) is 12.4 Å². The number of fused-ring (bicyclic) bond motifs is 2. The molecule has 4 heterocycles. The Bertz CT molecular complexity index is 1350. The van der Waals surface area contributed by atoms with Crippen LogP contribution in [0.4, 0.5) is 0 Å². The van der Waals surface area contributed by atoms with E-state index in [0.29, 0.717) is 5.33 Å². The minimum Gasteiger partial charge on any atom is -0.312 e. The third kappa shape index (κ3) is 6.27. The molecule has 0 bridgehead atoms. The summed E-state index contributed by atoms with van der Waals surface area (Å²) in [6.45, 7) is 16.6. The summed E-state index contributed by atoms with van der Waals surface area (Å²) >= 11 is 9.24. The molecule has 0 spiro atoms. The van der Waals surface area contributed by atoms with Crippen LogP contribution >= 0.6 is 27.5 Å². The van der Waals surface area contributed by atoms with E-state index >= 15 is 0 Å². The Labute approximate surface area is 212 Å². The van der Waals surface area contributed by atoms with Gasteiger partial charge in [-0.15, -0.1) is 0 Å². The Morgan fingerprint density at radius 1 is 0.882 bits per heavy atom. The van der Waals surface area contributed by atoms with Gasteiger partial charge in [-0.25, -0.2) is 19.9 Å². The molecule has 11 heteroatoms. The SMILES string of the molecule is CC(C)(C)Cn1c(CBr)nc2cnc(C#N)nc21.Cc1nc2cnc(Cl)nc2n1CC(C)(C)C. The number of nitriles is 1. The summed E-state index contributed by atoms with van der Waals surface area (Å²) in [6.07, 6.45) is 3.27. The highest BCUT2D eigenvalue weighted by Gasteiger charge is 2.19. The molecule has 0 aromatic carbocycles. The lowest BCUT2D eigenvalue weighted by atomic mass is 9.97. The van der Waals surface area contributed by atoms with Crippen LogP contribution in [0.25, 0.3) is 22.3 Å². The van der Waals surface area contributed by atoms with E-state index in [-0.39, 0.29) is 21.9 Å². The highest BCUT2D eigenvalue weighted by molar-refractivity contribution is 9.08. The molecule has 0 N–H and O–H groups in total. The van der Waals surface area contributed by atoms with Crippen molar-refractivity contribution in [2.24, 2.45) is 10.8 Å². The standard InChI is InChI=1S/C12H14BrN5.C11H15ClN4/c1-12(2,3)7-18-10(4-13)16-8-6-15-9(5-14)17-11(8)18;1-7-14-8-5-13-10(12)15-9(8)16(7)6-11(2,3)4/h6H,4,7H2,1-3H3;5H,6H2,1-4H3. The van der Waals surface area contributed by atoms with Gasteiger partial charge in [-0.1, -0.05) is 57.5 Å². The maximum atomic E-state index is 8.87. The maximum absolute atomic E-state index is 8.87. The van der Waals surface area contributed by atoms with Gasteiger partial charge in [-0.05, 0) is 29.4 Å². The second kappa shape index (κ2) is 9.92. The normalized spacial score (nSPS) is 12.0. The van der Waals surface area contributed by atoms with Crippen LogP contribution in [-0.2, 0) is 18.4 Å². The van der Waals surface area contributed by atoms with Gasteiger partial charge < -0.3 is 9.13 Å². The van der Waals surface area contributed by atoms with Crippen LogP contribution in [0.15, 0.2) is 12.4 Å². The molecule has 0 saturated carbocycles. The van der Waals surface area contributed by atoms with E-state index in [1.165, 1.54) is 0 Å². The molecule has 180 valence electrons. The highest BCUT2D eigenvalue weighted by atomic mass is 79.9. The molecular formula is C23H29BrClN9. The van der Waals surface area contributed by atoms with Gasteiger partial charge in [0.25, 0.3) is 0 Å². The van der Waals surface area contributed by atoms with Crippen molar-refractivity contribution < 1.29 is 0 Å². The lowest BCUT2D eigenvalue weighted by molar-refractivity contribution is 0.343. The molecule has 4 aromatic rings. The third-order valence-electron chi connectivity index (χ3n) is 4.70. The molecule has 0 fully saturated rings. The fourth-order valence-electron chi connectivity index (χ4n) is 3.44. The molecular weight excluding hydrogens is 518 g/mol. The van der Waals surface area contributed by atoms with Gasteiger partial charge in [0, 0.05) is 13.1 Å². The van der Waals surface area contributed by atoms with Gasteiger partial charge >= 0.3 is 0 Å². The summed E-state index contributed by atoms with van der Waals surface area (Å²) in [5, 5.41) is 9.79. The van der Waals surface area contributed by atoms with Crippen LogP contribution in [0, 0.1) is 29.1 Å². The molecule has 4 rings (SSSR count). The number of imidazole rings is 2. The summed E-state index contributed by atoms with van der Waals surface area (Å²) in [6, 6.07) is 1.96. The first-order valence-electron chi connectivity index (χ1n) is 10.8.